The number of rotatable bonds is 3. The van der Waals surface area contributed by atoms with Crippen LogP contribution >= 0.6 is 0 Å². The maximum atomic E-state index is 12.3. The minimum absolute atomic E-state index is 0.112. The molecule has 2 N–H and O–H groups in total. The Labute approximate surface area is 113 Å². The molecule has 1 aromatic carbocycles. The van der Waals surface area contributed by atoms with Crippen LogP contribution in [-0.2, 0) is 15.1 Å². The van der Waals surface area contributed by atoms with E-state index in [0.717, 1.165) is 18.4 Å². The van der Waals surface area contributed by atoms with Crippen LogP contribution in [0.25, 0.3) is 0 Å². The van der Waals surface area contributed by atoms with E-state index in [0.29, 0.717) is 12.8 Å². The van der Waals surface area contributed by atoms with Gasteiger partial charge in [0.15, 0.2) is 0 Å². The third-order valence-corrected chi connectivity index (χ3v) is 3.82. The minimum atomic E-state index is -0.750. The Morgan fingerprint density at radius 3 is 2.11 bits per heavy atom. The summed E-state index contributed by atoms with van der Waals surface area (Å²) >= 11 is 0. The molecule has 19 heavy (non-hydrogen) atoms. The van der Waals surface area contributed by atoms with Crippen LogP contribution in [0.2, 0.25) is 0 Å². The van der Waals surface area contributed by atoms with Crippen LogP contribution < -0.4 is 5.73 Å². The number of carbonyl (C=O) groups excluding carboxylic acids is 2. The first kappa shape index (κ1) is 13.7. The van der Waals surface area contributed by atoms with Crippen LogP contribution in [0.1, 0.15) is 38.2 Å². The Hall–Kier alpha value is -1.68. The fourth-order valence-corrected chi connectivity index (χ4v) is 2.60. The van der Waals surface area contributed by atoms with E-state index in [2.05, 4.69) is 0 Å². The zero-order valence-corrected chi connectivity index (χ0v) is 11.3. The molecule has 2 amide bonds. The summed E-state index contributed by atoms with van der Waals surface area (Å²) in [6.07, 6.45) is 2.40. The van der Waals surface area contributed by atoms with Crippen molar-refractivity contribution in [2.75, 3.05) is 6.54 Å². The number of carbonyl (C=O) groups is 2. The highest BCUT2D eigenvalue weighted by Crippen LogP contribution is 2.30. The number of imide groups is 1. The molecule has 0 spiro atoms. The second kappa shape index (κ2) is 5.53. The van der Waals surface area contributed by atoms with Crippen LogP contribution in [0.15, 0.2) is 30.3 Å². The molecule has 0 bridgehead atoms. The molecule has 1 aromatic rings. The number of nitrogens with two attached hydrogens (primary N) is 1. The number of benzene rings is 1. The van der Waals surface area contributed by atoms with Crippen LogP contribution in [0.4, 0.5) is 0 Å². The average Bonchev–Trinajstić information content (AvgIpc) is 2.60. The van der Waals surface area contributed by atoms with E-state index in [1.54, 1.807) is 0 Å². The van der Waals surface area contributed by atoms with E-state index in [1.165, 1.54) is 4.90 Å². The summed E-state index contributed by atoms with van der Waals surface area (Å²) in [5.74, 6) is -0.224. The van der Waals surface area contributed by atoms with Crippen molar-refractivity contribution in [2.24, 2.45) is 5.73 Å². The summed E-state index contributed by atoms with van der Waals surface area (Å²) in [6.45, 7) is 2.10. The van der Waals surface area contributed by atoms with Crippen molar-refractivity contribution in [1.29, 1.82) is 0 Å². The molecule has 1 saturated heterocycles. The fraction of sp³-hybridized carbons (Fsp3) is 0.467. The fourth-order valence-electron chi connectivity index (χ4n) is 2.60. The number of hydrogen-bond donors (Lipinski definition) is 1. The molecule has 1 aliphatic heterocycles. The van der Waals surface area contributed by atoms with Crippen molar-refractivity contribution in [3.63, 3.8) is 0 Å². The SMILES string of the molecule is CC(CN)(c1ccccc1)N1C(=O)CCCCC1=O. The Kier molecular flexibility index (Phi) is 4.00. The normalized spacial score (nSPS) is 20.0. The highest BCUT2D eigenvalue weighted by atomic mass is 16.2. The van der Waals surface area contributed by atoms with E-state index >= 15 is 0 Å². The summed E-state index contributed by atoms with van der Waals surface area (Å²) in [7, 11) is 0. The van der Waals surface area contributed by atoms with Crippen LogP contribution in [0.3, 0.4) is 0 Å². The Bertz CT molecular complexity index is 454. The largest absolute Gasteiger partial charge is 0.328 e. The first-order valence-corrected chi connectivity index (χ1v) is 6.71. The van der Waals surface area contributed by atoms with E-state index in [-0.39, 0.29) is 18.4 Å². The molecule has 0 saturated carbocycles. The molecule has 1 aliphatic rings. The molecular weight excluding hydrogens is 240 g/mol. The van der Waals surface area contributed by atoms with Crippen molar-refractivity contribution in [2.45, 2.75) is 38.1 Å². The molecule has 1 heterocycles. The molecule has 0 aromatic heterocycles. The van der Waals surface area contributed by atoms with E-state index < -0.39 is 5.54 Å². The van der Waals surface area contributed by atoms with Gasteiger partial charge >= 0.3 is 0 Å². The number of nitrogens with zero attached hydrogens (tertiary/aromatic N) is 1. The zero-order chi connectivity index (χ0) is 13.9. The maximum absolute atomic E-state index is 12.3. The molecule has 102 valence electrons. The topological polar surface area (TPSA) is 63.4 Å². The van der Waals surface area contributed by atoms with Gasteiger partial charge in [-0.15, -0.1) is 0 Å². The van der Waals surface area contributed by atoms with Crippen molar-refractivity contribution in [3.05, 3.63) is 35.9 Å². The quantitative estimate of drug-likeness (QED) is 0.843. The summed E-state index contributed by atoms with van der Waals surface area (Å²) in [4.78, 5) is 25.9. The second-order valence-corrected chi connectivity index (χ2v) is 5.17. The first-order valence-electron chi connectivity index (χ1n) is 6.71. The Morgan fingerprint density at radius 2 is 1.63 bits per heavy atom. The van der Waals surface area contributed by atoms with Gasteiger partial charge < -0.3 is 5.73 Å². The lowest BCUT2D eigenvalue weighted by Gasteiger charge is -2.39. The Balaban J connectivity index is 2.44. The van der Waals surface area contributed by atoms with E-state index in [4.69, 9.17) is 5.73 Å². The molecule has 1 unspecified atom stereocenters. The van der Waals surface area contributed by atoms with E-state index in [9.17, 15) is 9.59 Å². The number of hydrogen-bond acceptors (Lipinski definition) is 3. The highest BCUT2D eigenvalue weighted by molar-refractivity contribution is 5.97. The van der Waals surface area contributed by atoms with Crippen molar-refractivity contribution >= 4 is 11.8 Å². The van der Waals surface area contributed by atoms with Gasteiger partial charge in [-0.05, 0) is 25.3 Å². The van der Waals surface area contributed by atoms with Gasteiger partial charge in [0.2, 0.25) is 11.8 Å². The molecule has 0 radical (unpaired) electrons. The van der Waals surface area contributed by atoms with Gasteiger partial charge in [0, 0.05) is 19.4 Å². The van der Waals surface area contributed by atoms with Gasteiger partial charge in [0.05, 0.1) is 5.54 Å². The minimum Gasteiger partial charge on any atom is -0.328 e. The second-order valence-electron chi connectivity index (χ2n) is 5.17. The third-order valence-electron chi connectivity index (χ3n) is 3.82. The number of likely N-dealkylation sites (tertiary alicyclic amines) is 1. The summed E-state index contributed by atoms with van der Waals surface area (Å²) in [6, 6.07) is 9.54. The summed E-state index contributed by atoms with van der Waals surface area (Å²) in [5.41, 5.74) is 6.05. The lowest BCUT2D eigenvalue weighted by atomic mass is 9.89. The standard InChI is InChI=1S/C15H20N2O2/c1-15(11-16,12-7-3-2-4-8-12)17-13(18)9-5-6-10-14(17)19/h2-4,7-8H,5-6,9-11,16H2,1H3. The van der Waals surface area contributed by atoms with Crippen LogP contribution in [0.5, 0.6) is 0 Å². The van der Waals surface area contributed by atoms with Crippen LogP contribution in [-0.4, -0.2) is 23.3 Å². The molecule has 4 nitrogen and oxygen atoms in total. The number of amides is 2. The zero-order valence-electron chi connectivity index (χ0n) is 11.3. The average molecular weight is 260 g/mol. The van der Waals surface area contributed by atoms with Gasteiger partial charge in [-0.1, -0.05) is 30.3 Å². The molecule has 0 aliphatic carbocycles. The lowest BCUT2D eigenvalue weighted by molar-refractivity contribution is -0.151. The predicted molar refractivity (Wildman–Crippen MR) is 73.2 cm³/mol. The first-order chi connectivity index (χ1) is 9.09. The third kappa shape index (κ3) is 2.54. The Morgan fingerprint density at radius 1 is 1.11 bits per heavy atom. The van der Waals surface area contributed by atoms with Crippen molar-refractivity contribution < 1.29 is 9.59 Å². The van der Waals surface area contributed by atoms with Crippen molar-refractivity contribution in [3.8, 4) is 0 Å². The van der Waals surface area contributed by atoms with Gasteiger partial charge in [0.25, 0.3) is 0 Å². The maximum Gasteiger partial charge on any atom is 0.230 e. The highest BCUT2D eigenvalue weighted by Gasteiger charge is 2.40. The lowest BCUT2D eigenvalue weighted by Crippen LogP contribution is -2.54. The molecule has 4 heteroatoms. The smallest absolute Gasteiger partial charge is 0.230 e. The monoisotopic (exact) mass is 260 g/mol. The van der Waals surface area contributed by atoms with Gasteiger partial charge in [-0.3, -0.25) is 14.5 Å². The molecule has 2 rings (SSSR count). The van der Waals surface area contributed by atoms with Gasteiger partial charge in [-0.2, -0.15) is 0 Å². The van der Waals surface area contributed by atoms with E-state index in [1.807, 2.05) is 37.3 Å². The molecule has 1 fully saturated rings. The molecular formula is C15H20N2O2. The predicted octanol–water partition coefficient (Wildman–Crippen LogP) is 1.79. The van der Waals surface area contributed by atoms with Crippen molar-refractivity contribution in [1.82, 2.24) is 4.90 Å². The molecule has 1 atom stereocenters. The summed E-state index contributed by atoms with van der Waals surface area (Å²) < 4.78 is 0. The summed E-state index contributed by atoms with van der Waals surface area (Å²) in [5, 5.41) is 0. The van der Waals surface area contributed by atoms with Gasteiger partial charge in [0.1, 0.15) is 0 Å². The van der Waals surface area contributed by atoms with Gasteiger partial charge in [-0.25, -0.2) is 0 Å². The van der Waals surface area contributed by atoms with Crippen LogP contribution in [0, 0.1) is 0 Å².